The van der Waals surface area contributed by atoms with Crippen LogP contribution in [0, 0.1) is 18.3 Å². The number of aromatic nitrogens is 4. The van der Waals surface area contributed by atoms with Gasteiger partial charge in [-0.05, 0) is 36.8 Å². The molecule has 0 N–H and O–H groups in total. The van der Waals surface area contributed by atoms with Crippen molar-refractivity contribution in [2.75, 3.05) is 0 Å². The van der Waals surface area contributed by atoms with E-state index in [1.54, 1.807) is 12.4 Å². The molecular formula is C21H13N5O. The summed E-state index contributed by atoms with van der Waals surface area (Å²) in [4.78, 5) is 13.2. The van der Waals surface area contributed by atoms with Gasteiger partial charge in [0.25, 0.3) is 0 Å². The highest BCUT2D eigenvalue weighted by molar-refractivity contribution is 5.84. The Hall–Kier alpha value is -3.98. The molecule has 0 saturated heterocycles. The Kier molecular flexibility index (Phi) is 3.27. The van der Waals surface area contributed by atoms with Crippen LogP contribution >= 0.6 is 0 Å². The second-order valence-electron chi connectivity index (χ2n) is 6.22. The number of ether oxygens (including phenoxy) is 1. The van der Waals surface area contributed by atoms with Gasteiger partial charge in [-0.2, -0.15) is 5.26 Å². The lowest BCUT2D eigenvalue weighted by Gasteiger charge is -2.11. The molecule has 0 aliphatic heterocycles. The average molecular weight is 351 g/mol. The SMILES string of the molecule is Cc1cc(Oc2ccc3nccnc3c2)n2c(nc3ccccc32)c1C#N. The summed E-state index contributed by atoms with van der Waals surface area (Å²) >= 11 is 0. The molecule has 6 nitrogen and oxygen atoms in total. The van der Waals surface area contributed by atoms with E-state index in [9.17, 15) is 5.26 Å². The topological polar surface area (TPSA) is 76.1 Å². The maximum Gasteiger partial charge on any atom is 0.206 e. The molecule has 0 aliphatic carbocycles. The molecule has 6 heteroatoms. The third-order valence-electron chi connectivity index (χ3n) is 4.51. The van der Waals surface area contributed by atoms with E-state index in [0.717, 1.165) is 27.6 Å². The zero-order valence-electron chi connectivity index (χ0n) is 14.4. The number of pyridine rings is 1. The van der Waals surface area contributed by atoms with Crippen molar-refractivity contribution >= 4 is 27.7 Å². The number of imidazole rings is 1. The number of hydrogen-bond acceptors (Lipinski definition) is 5. The summed E-state index contributed by atoms with van der Waals surface area (Å²) in [5, 5.41) is 9.58. The Balaban J connectivity index is 1.75. The van der Waals surface area contributed by atoms with Gasteiger partial charge in [0.2, 0.25) is 5.88 Å². The molecule has 2 aromatic carbocycles. The molecule has 0 atom stereocenters. The van der Waals surface area contributed by atoms with Crippen LogP contribution in [0.25, 0.3) is 27.7 Å². The van der Waals surface area contributed by atoms with Crippen LogP contribution in [0.2, 0.25) is 0 Å². The lowest BCUT2D eigenvalue weighted by molar-refractivity contribution is 0.458. The molecule has 0 unspecified atom stereocenters. The van der Waals surface area contributed by atoms with Crippen molar-refractivity contribution in [1.29, 1.82) is 5.26 Å². The highest BCUT2D eigenvalue weighted by atomic mass is 16.5. The summed E-state index contributed by atoms with van der Waals surface area (Å²) < 4.78 is 8.07. The maximum absolute atomic E-state index is 9.58. The first kappa shape index (κ1) is 15.3. The van der Waals surface area contributed by atoms with E-state index in [2.05, 4.69) is 21.0 Å². The van der Waals surface area contributed by atoms with Gasteiger partial charge in [-0.15, -0.1) is 0 Å². The number of benzene rings is 2. The van der Waals surface area contributed by atoms with Crippen LogP contribution in [-0.2, 0) is 0 Å². The molecule has 27 heavy (non-hydrogen) atoms. The summed E-state index contributed by atoms with van der Waals surface area (Å²) in [5.41, 5.74) is 5.22. The minimum atomic E-state index is 0.544. The smallest absolute Gasteiger partial charge is 0.206 e. The van der Waals surface area contributed by atoms with Gasteiger partial charge in [0, 0.05) is 24.5 Å². The van der Waals surface area contributed by atoms with E-state index in [4.69, 9.17) is 4.74 Å². The second kappa shape index (κ2) is 5.78. The predicted molar refractivity (Wildman–Crippen MR) is 102 cm³/mol. The Morgan fingerprint density at radius 2 is 1.78 bits per heavy atom. The van der Waals surface area contributed by atoms with Crippen LogP contribution in [0.4, 0.5) is 0 Å². The third-order valence-corrected chi connectivity index (χ3v) is 4.51. The summed E-state index contributed by atoms with van der Waals surface area (Å²) in [6.07, 6.45) is 3.31. The van der Waals surface area contributed by atoms with E-state index in [1.165, 1.54) is 0 Å². The molecule has 0 radical (unpaired) electrons. The van der Waals surface area contributed by atoms with Crippen LogP contribution in [0.5, 0.6) is 11.6 Å². The van der Waals surface area contributed by atoms with E-state index in [0.29, 0.717) is 22.8 Å². The Labute approximate surface area is 154 Å². The summed E-state index contributed by atoms with van der Waals surface area (Å²) in [5.74, 6) is 1.24. The molecule has 0 fully saturated rings. The fourth-order valence-electron chi connectivity index (χ4n) is 3.26. The van der Waals surface area contributed by atoms with Crippen LogP contribution in [0.1, 0.15) is 11.1 Å². The normalized spacial score (nSPS) is 11.1. The number of nitrogens with zero attached hydrogens (tertiary/aromatic N) is 5. The molecule has 3 aromatic heterocycles. The minimum Gasteiger partial charge on any atom is -0.440 e. The molecule has 0 spiro atoms. The minimum absolute atomic E-state index is 0.544. The Morgan fingerprint density at radius 1 is 0.963 bits per heavy atom. The molecule has 128 valence electrons. The monoisotopic (exact) mass is 351 g/mol. The third kappa shape index (κ3) is 2.37. The van der Waals surface area contributed by atoms with Crippen molar-refractivity contribution in [3.8, 4) is 17.7 Å². The summed E-state index contributed by atoms with van der Waals surface area (Å²) in [7, 11) is 0. The van der Waals surface area contributed by atoms with Crippen LogP contribution in [-0.4, -0.2) is 19.4 Å². The first-order valence-electron chi connectivity index (χ1n) is 8.44. The van der Waals surface area contributed by atoms with E-state index >= 15 is 0 Å². The van der Waals surface area contributed by atoms with Crippen molar-refractivity contribution < 1.29 is 4.74 Å². The molecule has 3 heterocycles. The van der Waals surface area contributed by atoms with Gasteiger partial charge in [0.1, 0.15) is 11.8 Å². The lowest BCUT2D eigenvalue weighted by atomic mass is 10.1. The number of rotatable bonds is 2. The van der Waals surface area contributed by atoms with Gasteiger partial charge in [0.15, 0.2) is 5.65 Å². The van der Waals surface area contributed by atoms with Crippen molar-refractivity contribution in [1.82, 2.24) is 19.4 Å². The van der Waals surface area contributed by atoms with Crippen LogP contribution in [0.3, 0.4) is 0 Å². The van der Waals surface area contributed by atoms with Gasteiger partial charge < -0.3 is 4.74 Å². The standard InChI is InChI=1S/C21H13N5O/c1-13-10-20(27-14-6-7-16-18(11-14)24-9-8-23-16)26-19-5-3-2-4-17(19)25-21(26)15(13)12-22/h2-11H,1H3. The number of nitriles is 1. The van der Waals surface area contributed by atoms with Crippen LogP contribution in [0.15, 0.2) is 60.9 Å². The van der Waals surface area contributed by atoms with Gasteiger partial charge >= 0.3 is 0 Å². The molecule has 0 saturated carbocycles. The molecule has 5 aromatic rings. The van der Waals surface area contributed by atoms with Gasteiger partial charge in [-0.25, -0.2) is 4.98 Å². The number of para-hydroxylation sites is 2. The number of aryl methyl sites for hydroxylation is 1. The highest BCUT2D eigenvalue weighted by Gasteiger charge is 2.16. The van der Waals surface area contributed by atoms with E-state index < -0.39 is 0 Å². The van der Waals surface area contributed by atoms with Crippen molar-refractivity contribution in [3.63, 3.8) is 0 Å². The van der Waals surface area contributed by atoms with Gasteiger partial charge in [-0.1, -0.05) is 12.1 Å². The van der Waals surface area contributed by atoms with E-state index in [-0.39, 0.29) is 0 Å². The molecular weight excluding hydrogens is 338 g/mol. The largest absolute Gasteiger partial charge is 0.440 e. The van der Waals surface area contributed by atoms with Gasteiger partial charge in [-0.3, -0.25) is 14.4 Å². The summed E-state index contributed by atoms with van der Waals surface area (Å²) in [6, 6.07) is 17.5. The highest BCUT2D eigenvalue weighted by Crippen LogP contribution is 2.31. The van der Waals surface area contributed by atoms with E-state index in [1.807, 2.05) is 59.9 Å². The maximum atomic E-state index is 9.58. The van der Waals surface area contributed by atoms with Crippen molar-refractivity contribution in [2.24, 2.45) is 0 Å². The first-order valence-corrected chi connectivity index (χ1v) is 8.44. The zero-order chi connectivity index (χ0) is 18.4. The molecule has 0 bridgehead atoms. The fourth-order valence-corrected chi connectivity index (χ4v) is 3.26. The first-order chi connectivity index (χ1) is 13.2. The number of fused-ring (bicyclic) bond motifs is 4. The van der Waals surface area contributed by atoms with Crippen molar-refractivity contribution in [2.45, 2.75) is 6.92 Å². The van der Waals surface area contributed by atoms with Crippen molar-refractivity contribution in [3.05, 3.63) is 72.1 Å². The molecule has 0 aliphatic rings. The zero-order valence-corrected chi connectivity index (χ0v) is 14.4. The molecule has 0 amide bonds. The fraction of sp³-hybridized carbons (Fsp3) is 0.0476. The second-order valence-corrected chi connectivity index (χ2v) is 6.22. The molecule has 5 rings (SSSR count). The van der Waals surface area contributed by atoms with Gasteiger partial charge in [0.05, 0.1) is 27.6 Å². The quantitative estimate of drug-likeness (QED) is 0.471. The summed E-state index contributed by atoms with van der Waals surface area (Å²) in [6.45, 7) is 1.89. The number of hydrogen-bond donors (Lipinski definition) is 0. The Bertz CT molecular complexity index is 1380. The Morgan fingerprint density at radius 3 is 2.63 bits per heavy atom. The lowest BCUT2D eigenvalue weighted by Crippen LogP contribution is -1.99. The predicted octanol–water partition coefficient (Wildman–Crippen LogP) is 4.40. The average Bonchev–Trinajstić information content (AvgIpc) is 3.07. The van der Waals surface area contributed by atoms with Crippen LogP contribution < -0.4 is 4.74 Å².